The molecule has 0 unspecified atom stereocenters. The number of carboxylic acids is 1. The van der Waals surface area contributed by atoms with Crippen molar-refractivity contribution < 1.29 is 23.1 Å². The highest BCUT2D eigenvalue weighted by molar-refractivity contribution is 7.89. The summed E-state index contributed by atoms with van der Waals surface area (Å²) in [5.41, 5.74) is 0. The number of likely N-dealkylation sites (N-methyl/N-ethyl adjacent to an activating group) is 1. The van der Waals surface area contributed by atoms with Crippen LogP contribution in [0.2, 0.25) is 0 Å². The van der Waals surface area contributed by atoms with Gasteiger partial charge in [-0.1, -0.05) is 6.92 Å². The number of hydrogen-bond acceptors (Lipinski definition) is 4. The second-order valence-corrected chi connectivity index (χ2v) is 4.60. The van der Waals surface area contributed by atoms with Gasteiger partial charge < -0.3 is 9.84 Å². The highest BCUT2D eigenvalue weighted by atomic mass is 32.2. The first-order valence-electron chi connectivity index (χ1n) is 4.12. The van der Waals surface area contributed by atoms with E-state index in [1.165, 1.54) is 7.11 Å². The number of nitrogens with zero attached hydrogens (tertiary/aromatic N) is 1. The molecule has 0 amide bonds. The quantitative estimate of drug-likeness (QED) is 0.623. The van der Waals surface area contributed by atoms with Crippen LogP contribution in [0.5, 0.6) is 0 Å². The summed E-state index contributed by atoms with van der Waals surface area (Å²) in [5, 5.41) is 8.38. The summed E-state index contributed by atoms with van der Waals surface area (Å²) in [5.74, 6) is -2.22. The van der Waals surface area contributed by atoms with Gasteiger partial charge in [0.25, 0.3) is 0 Å². The normalized spacial score (nSPS) is 11.9. The average Bonchev–Trinajstić information content (AvgIpc) is 2.02. The summed E-state index contributed by atoms with van der Waals surface area (Å²) in [6.07, 6.45) is 0. The summed E-state index contributed by atoms with van der Waals surface area (Å²) in [7, 11) is -2.23. The Morgan fingerprint density at radius 2 is 2.07 bits per heavy atom. The van der Waals surface area contributed by atoms with Crippen LogP contribution in [-0.2, 0) is 19.6 Å². The van der Waals surface area contributed by atoms with Crippen LogP contribution in [0.3, 0.4) is 0 Å². The first-order chi connectivity index (χ1) is 6.44. The first-order valence-corrected chi connectivity index (χ1v) is 5.73. The minimum Gasteiger partial charge on any atom is -0.480 e. The minimum absolute atomic E-state index is 0.183. The van der Waals surface area contributed by atoms with Gasteiger partial charge in [0.15, 0.2) is 5.75 Å². The molecule has 0 aliphatic rings. The lowest BCUT2D eigenvalue weighted by atomic mass is 10.6. The number of carbonyl (C=O) groups is 1. The molecule has 0 rings (SSSR count). The molecule has 1 N–H and O–H groups in total. The van der Waals surface area contributed by atoms with E-state index >= 15 is 0 Å². The van der Waals surface area contributed by atoms with E-state index in [-0.39, 0.29) is 19.7 Å². The molecule has 0 radical (unpaired) electrons. The molecular weight excluding hydrogens is 210 g/mol. The Labute approximate surface area is 83.5 Å². The zero-order valence-corrected chi connectivity index (χ0v) is 9.08. The van der Waals surface area contributed by atoms with E-state index in [1.807, 2.05) is 0 Å². The Morgan fingerprint density at radius 3 is 2.43 bits per heavy atom. The van der Waals surface area contributed by atoms with Crippen LogP contribution < -0.4 is 0 Å². The molecule has 84 valence electrons. The lowest BCUT2D eigenvalue weighted by molar-refractivity contribution is -0.134. The third-order valence-electron chi connectivity index (χ3n) is 1.60. The second kappa shape index (κ2) is 5.94. The van der Waals surface area contributed by atoms with Crippen LogP contribution in [0.25, 0.3) is 0 Å². The Hall–Kier alpha value is -0.660. The van der Waals surface area contributed by atoms with Crippen molar-refractivity contribution in [3.8, 4) is 0 Å². The third-order valence-corrected chi connectivity index (χ3v) is 3.44. The van der Waals surface area contributed by atoms with E-state index < -0.39 is 21.7 Å². The molecule has 7 heteroatoms. The summed E-state index contributed by atoms with van der Waals surface area (Å²) in [4.78, 5) is 10.3. The van der Waals surface area contributed by atoms with Crippen LogP contribution in [0, 0.1) is 0 Å². The zero-order valence-electron chi connectivity index (χ0n) is 8.26. The lowest BCUT2D eigenvalue weighted by Crippen LogP contribution is -2.37. The molecule has 0 aromatic rings. The van der Waals surface area contributed by atoms with Gasteiger partial charge >= 0.3 is 5.97 Å². The van der Waals surface area contributed by atoms with Gasteiger partial charge in [-0.15, -0.1) is 0 Å². The van der Waals surface area contributed by atoms with Gasteiger partial charge in [0, 0.05) is 20.2 Å². The largest absolute Gasteiger partial charge is 0.480 e. The second-order valence-electron chi connectivity index (χ2n) is 2.63. The molecule has 0 heterocycles. The molecule has 6 nitrogen and oxygen atoms in total. The Morgan fingerprint density at radius 1 is 1.50 bits per heavy atom. The minimum atomic E-state index is -3.69. The molecular formula is C7H15NO5S. The van der Waals surface area contributed by atoms with Crippen molar-refractivity contribution in [2.45, 2.75) is 6.92 Å². The van der Waals surface area contributed by atoms with E-state index in [2.05, 4.69) is 0 Å². The smallest absolute Gasteiger partial charge is 0.320 e. The number of rotatable bonds is 7. The van der Waals surface area contributed by atoms with Gasteiger partial charge in [0.2, 0.25) is 10.0 Å². The SMILES string of the molecule is CCN(CCOC)S(=O)(=O)CC(=O)O. The van der Waals surface area contributed by atoms with Gasteiger partial charge in [0.1, 0.15) is 0 Å². The highest BCUT2D eigenvalue weighted by Gasteiger charge is 2.23. The van der Waals surface area contributed by atoms with Crippen LogP contribution in [0.1, 0.15) is 6.92 Å². The number of hydrogen-bond donors (Lipinski definition) is 1. The van der Waals surface area contributed by atoms with Gasteiger partial charge in [-0.25, -0.2) is 8.42 Å². The predicted molar refractivity (Wildman–Crippen MR) is 50.5 cm³/mol. The number of methoxy groups -OCH3 is 1. The van der Waals surface area contributed by atoms with Crippen molar-refractivity contribution in [2.24, 2.45) is 0 Å². The van der Waals surface area contributed by atoms with Crippen LogP contribution in [0.15, 0.2) is 0 Å². The number of sulfonamides is 1. The molecule has 14 heavy (non-hydrogen) atoms. The van der Waals surface area contributed by atoms with Crippen molar-refractivity contribution in [2.75, 3.05) is 32.6 Å². The van der Waals surface area contributed by atoms with Crippen molar-refractivity contribution in [3.63, 3.8) is 0 Å². The molecule has 0 aromatic heterocycles. The first kappa shape index (κ1) is 13.3. The lowest BCUT2D eigenvalue weighted by Gasteiger charge is -2.18. The maximum Gasteiger partial charge on any atom is 0.320 e. The molecule has 0 spiro atoms. The highest BCUT2D eigenvalue weighted by Crippen LogP contribution is 2.00. The van der Waals surface area contributed by atoms with Crippen molar-refractivity contribution in [1.82, 2.24) is 4.31 Å². The fraction of sp³-hybridized carbons (Fsp3) is 0.857. The molecule has 0 aliphatic carbocycles. The zero-order chi connectivity index (χ0) is 11.2. The summed E-state index contributed by atoms with van der Waals surface area (Å²) < 4.78 is 28.5. The van der Waals surface area contributed by atoms with Gasteiger partial charge in [-0.05, 0) is 0 Å². The van der Waals surface area contributed by atoms with Crippen molar-refractivity contribution in [1.29, 1.82) is 0 Å². The van der Waals surface area contributed by atoms with Gasteiger partial charge in [-0.3, -0.25) is 4.79 Å². The topological polar surface area (TPSA) is 83.9 Å². The van der Waals surface area contributed by atoms with E-state index in [1.54, 1.807) is 6.92 Å². The number of ether oxygens (including phenoxy) is 1. The van der Waals surface area contributed by atoms with E-state index in [4.69, 9.17) is 9.84 Å². The van der Waals surface area contributed by atoms with E-state index in [9.17, 15) is 13.2 Å². The van der Waals surface area contributed by atoms with Gasteiger partial charge in [-0.2, -0.15) is 4.31 Å². The summed E-state index contributed by atoms with van der Waals surface area (Å²) in [6.45, 7) is 2.34. The van der Waals surface area contributed by atoms with E-state index in [0.717, 1.165) is 4.31 Å². The maximum atomic E-state index is 11.4. The standard InChI is InChI=1S/C7H15NO5S/c1-3-8(4-5-13-2)14(11,12)6-7(9)10/h3-6H2,1-2H3,(H,9,10). The summed E-state index contributed by atoms with van der Waals surface area (Å²) >= 11 is 0. The van der Waals surface area contributed by atoms with Gasteiger partial charge in [0.05, 0.1) is 6.61 Å². The van der Waals surface area contributed by atoms with Crippen LogP contribution >= 0.6 is 0 Å². The molecule has 0 aromatic carbocycles. The predicted octanol–water partition coefficient (Wildman–Crippen LogP) is -0.631. The maximum absolute atomic E-state index is 11.4. The fourth-order valence-electron chi connectivity index (χ4n) is 0.934. The Bertz CT molecular complexity index is 274. The molecule has 0 saturated carbocycles. The monoisotopic (exact) mass is 225 g/mol. The molecule has 0 fully saturated rings. The van der Waals surface area contributed by atoms with Crippen LogP contribution in [0.4, 0.5) is 0 Å². The molecule has 0 saturated heterocycles. The van der Waals surface area contributed by atoms with Crippen LogP contribution in [-0.4, -0.2) is 56.4 Å². The Kier molecular flexibility index (Phi) is 5.66. The third kappa shape index (κ3) is 4.54. The molecule has 0 bridgehead atoms. The van der Waals surface area contributed by atoms with E-state index in [0.29, 0.717) is 0 Å². The Balaban J connectivity index is 4.41. The number of aliphatic carboxylic acids is 1. The average molecular weight is 225 g/mol. The molecule has 0 atom stereocenters. The number of carboxylic acid groups (broad SMARTS) is 1. The van der Waals surface area contributed by atoms with Crippen molar-refractivity contribution in [3.05, 3.63) is 0 Å². The summed E-state index contributed by atoms with van der Waals surface area (Å²) in [6, 6.07) is 0. The fourth-order valence-corrected chi connectivity index (χ4v) is 2.18. The van der Waals surface area contributed by atoms with Crippen molar-refractivity contribution >= 4 is 16.0 Å². The molecule has 0 aliphatic heterocycles.